The van der Waals surface area contributed by atoms with Crippen molar-refractivity contribution >= 4 is 37.8 Å². The van der Waals surface area contributed by atoms with Gasteiger partial charge >= 0.3 is 6.18 Å². The van der Waals surface area contributed by atoms with Gasteiger partial charge in [0, 0.05) is 0 Å². The smallest absolute Gasteiger partial charge is 0.396 e. The summed E-state index contributed by atoms with van der Waals surface area (Å²) in [5.41, 5.74) is 10.1. The molecule has 114 valence electrons. The molecule has 1 heterocycles. The quantitative estimate of drug-likeness (QED) is 0.750. The number of nitrogen functional groups attached to an aromatic ring is 1. The number of anilines is 2. The molecule has 0 spiro atoms. The van der Waals surface area contributed by atoms with Crippen LogP contribution in [-0.4, -0.2) is 32.8 Å². The lowest BCUT2D eigenvalue weighted by molar-refractivity contribution is -0.115. The molecule has 1 aromatic rings. The third kappa shape index (κ3) is 3.54. The van der Waals surface area contributed by atoms with Gasteiger partial charge in [0.05, 0.1) is 11.4 Å². The molecule has 0 aliphatic heterocycles. The SMILES string of the molecule is CCS(=O)(=O)c1c(NCC(F)(F)F)sc(C(N)=O)c1N. The Hall–Kier alpha value is -1.49. The van der Waals surface area contributed by atoms with Crippen LogP contribution in [0.5, 0.6) is 0 Å². The van der Waals surface area contributed by atoms with Crippen molar-refractivity contribution in [2.24, 2.45) is 5.73 Å². The molecule has 0 bridgehead atoms. The van der Waals surface area contributed by atoms with Crippen LogP contribution >= 0.6 is 11.3 Å². The minimum absolute atomic E-state index is 0.290. The maximum Gasteiger partial charge on any atom is 0.405 e. The average molecular weight is 331 g/mol. The standard InChI is InChI=1S/C9H12F3N3O3S2/c1-2-20(17,18)6-4(13)5(7(14)16)19-8(6)15-3-9(10,11)12/h15H,2-3,13H2,1H3,(H2,14,16). The van der Waals surface area contributed by atoms with Crippen LogP contribution in [-0.2, 0) is 9.84 Å². The van der Waals surface area contributed by atoms with E-state index in [2.05, 4.69) is 0 Å². The molecule has 0 saturated heterocycles. The zero-order valence-electron chi connectivity index (χ0n) is 10.2. The summed E-state index contributed by atoms with van der Waals surface area (Å²) in [6.45, 7) is -0.138. The highest BCUT2D eigenvalue weighted by molar-refractivity contribution is 7.91. The molecule has 20 heavy (non-hydrogen) atoms. The Bertz CT molecular complexity index is 622. The molecule has 1 rings (SSSR count). The molecule has 0 saturated carbocycles. The third-order valence-electron chi connectivity index (χ3n) is 2.26. The number of rotatable bonds is 5. The first-order valence-electron chi connectivity index (χ1n) is 5.25. The van der Waals surface area contributed by atoms with Gasteiger partial charge in [-0.15, -0.1) is 11.3 Å². The van der Waals surface area contributed by atoms with Crippen molar-refractivity contribution in [2.45, 2.75) is 18.0 Å². The molecule has 5 N–H and O–H groups in total. The lowest BCUT2D eigenvalue weighted by atomic mass is 10.4. The molecule has 1 aromatic heterocycles. The van der Waals surface area contributed by atoms with E-state index in [0.29, 0.717) is 11.3 Å². The number of nitrogens with one attached hydrogen (secondary N) is 1. The summed E-state index contributed by atoms with van der Waals surface area (Å²) < 4.78 is 60.3. The number of carbonyl (C=O) groups excluding carboxylic acids is 1. The third-order valence-corrected chi connectivity index (χ3v) is 5.38. The summed E-state index contributed by atoms with van der Waals surface area (Å²) in [5, 5.41) is 1.60. The van der Waals surface area contributed by atoms with E-state index in [1.165, 1.54) is 6.92 Å². The molecular formula is C9H12F3N3O3S2. The van der Waals surface area contributed by atoms with Gasteiger partial charge in [-0.05, 0) is 0 Å². The highest BCUT2D eigenvalue weighted by Crippen LogP contribution is 2.39. The summed E-state index contributed by atoms with van der Waals surface area (Å²) in [6.07, 6.45) is -4.54. The van der Waals surface area contributed by atoms with E-state index in [9.17, 15) is 26.4 Å². The molecule has 11 heteroatoms. The fraction of sp³-hybridized carbons (Fsp3) is 0.444. The van der Waals surface area contributed by atoms with E-state index < -0.39 is 39.0 Å². The Morgan fingerprint density at radius 1 is 1.40 bits per heavy atom. The van der Waals surface area contributed by atoms with Gasteiger partial charge in [-0.25, -0.2) is 8.42 Å². The Kier molecular flexibility index (Phi) is 4.54. The molecule has 0 radical (unpaired) electrons. The zero-order chi connectivity index (χ0) is 15.7. The van der Waals surface area contributed by atoms with Gasteiger partial charge in [-0.2, -0.15) is 13.2 Å². The zero-order valence-corrected chi connectivity index (χ0v) is 11.9. The second kappa shape index (κ2) is 5.48. The molecule has 0 aromatic carbocycles. The highest BCUT2D eigenvalue weighted by atomic mass is 32.2. The molecular weight excluding hydrogens is 319 g/mol. The number of carbonyl (C=O) groups is 1. The molecule has 0 unspecified atom stereocenters. The predicted octanol–water partition coefficient (Wildman–Crippen LogP) is 1.20. The number of alkyl halides is 3. The van der Waals surface area contributed by atoms with E-state index in [1.807, 2.05) is 5.32 Å². The van der Waals surface area contributed by atoms with Gasteiger partial charge in [0.25, 0.3) is 5.91 Å². The first-order chi connectivity index (χ1) is 8.99. The van der Waals surface area contributed by atoms with E-state index in [4.69, 9.17) is 11.5 Å². The Labute approximate surface area is 116 Å². The van der Waals surface area contributed by atoms with Gasteiger partial charge in [-0.3, -0.25) is 4.79 Å². The summed E-state index contributed by atoms with van der Waals surface area (Å²) in [5.74, 6) is -1.37. The van der Waals surface area contributed by atoms with Crippen molar-refractivity contribution in [1.29, 1.82) is 0 Å². The first kappa shape index (κ1) is 16.6. The second-order valence-corrected chi connectivity index (χ2v) is 6.98. The number of thiophene rings is 1. The molecule has 0 aliphatic rings. The Morgan fingerprint density at radius 3 is 2.35 bits per heavy atom. The number of nitrogens with two attached hydrogens (primary N) is 2. The number of halogens is 3. The van der Waals surface area contributed by atoms with E-state index >= 15 is 0 Å². The van der Waals surface area contributed by atoms with Gasteiger partial charge in [-0.1, -0.05) is 6.92 Å². The summed E-state index contributed by atoms with van der Waals surface area (Å²) >= 11 is 0.487. The van der Waals surface area contributed by atoms with Crippen molar-refractivity contribution in [1.82, 2.24) is 0 Å². The Balaban J connectivity index is 3.36. The van der Waals surface area contributed by atoms with Crippen molar-refractivity contribution in [3.8, 4) is 0 Å². The molecule has 0 atom stereocenters. The fourth-order valence-electron chi connectivity index (χ4n) is 1.36. The van der Waals surface area contributed by atoms with Crippen LogP contribution in [0.1, 0.15) is 16.6 Å². The largest absolute Gasteiger partial charge is 0.405 e. The normalized spacial score (nSPS) is 12.4. The molecule has 0 aliphatic carbocycles. The minimum atomic E-state index is -4.54. The minimum Gasteiger partial charge on any atom is -0.396 e. The number of primary amides is 1. The van der Waals surface area contributed by atoms with Crippen molar-refractivity contribution < 1.29 is 26.4 Å². The monoisotopic (exact) mass is 331 g/mol. The lowest BCUT2D eigenvalue weighted by Gasteiger charge is -2.10. The van der Waals surface area contributed by atoms with Gasteiger partial charge < -0.3 is 16.8 Å². The molecule has 1 amide bonds. The molecule has 0 fully saturated rings. The van der Waals surface area contributed by atoms with Gasteiger partial charge in [0.15, 0.2) is 9.84 Å². The fourth-order valence-corrected chi connectivity index (χ4v) is 3.88. The topological polar surface area (TPSA) is 115 Å². The van der Waals surface area contributed by atoms with Gasteiger partial charge in [0.1, 0.15) is 21.3 Å². The lowest BCUT2D eigenvalue weighted by Crippen LogP contribution is -2.22. The van der Waals surface area contributed by atoms with Crippen molar-refractivity contribution in [3.63, 3.8) is 0 Å². The van der Waals surface area contributed by atoms with Crippen LogP contribution in [0.15, 0.2) is 4.90 Å². The van der Waals surface area contributed by atoms with E-state index in [1.54, 1.807) is 0 Å². The van der Waals surface area contributed by atoms with Crippen LogP contribution in [0.2, 0.25) is 0 Å². The maximum absolute atomic E-state index is 12.2. The van der Waals surface area contributed by atoms with Crippen LogP contribution in [0.25, 0.3) is 0 Å². The first-order valence-corrected chi connectivity index (χ1v) is 7.72. The summed E-state index contributed by atoms with van der Waals surface area (Å²) in [7, 11) is -3.89. The van der Waals surface area contributed by atoms with Crippen LogP contribution < -0.4 is 16.8 Å². The van der Waals surface area contributed by atoms with Gasteiger partial charge in [0.2, 0.25) is 0 Å². The van der Waals surface area contributed by atoms with E-state index in [0.717, 1.165) is 0 Å². The summed E-state index contributed by atoms with van der Waals surface area (Å²) in [6, 6.07) is 0. The highest BCUT2D eigenvalue weighted by Gasteiger charge is 2.31. The number of amides is 1. The Morgan fingerprint density at radius 2 is 1.95 bits per heavy atom. The maximum atomic E-state index is 12.2. The number of sulfone groups is 1. The van der Waals surface area contributed by atoms with Crippen LogP contribution in [0.3, 0.4) is 0 Å². The van der Waals surface area contributed by atoms with Crippen molar-refractivity contribution in [3.05, 3.63) is 4.88 Å². The summed E-state index contributed by atoms with van der Waals surface area (Å²) in [4.78, 5) is 10.3. The number of hydrogen-bond acceptors (Lipinski definition) is 6. The van der Waals surface area contributed by atoms with E-state index in [-0.39, 0.29) is 15.6 Å². The van der Waals surface area contributed by atoms with Crippen LogP contribution in [0, 0.1) is 0 Å². The second-order valence-electron chi connectivity index (χ2n) is 3.74. The molecule has 6 nitrogen and oxygen atoms in total. The van der Waals surface area contributed by atoms with Crippen LogP contribution in [0.4, 0.5) is 23.9 Å². The predicted molar refractivity (Wildman–Crippen MR) is 69.5 cm³/mol. The van der Waals surface area contributed by atoms with Crippen molar-refractivity contribution in [2.75, 3.05) is 23.3 Å². The number of hydrogen-bond donors (Lipinski definition) is 3. The average Bonchev–Trinajstić information content (AvgIpc) is 2.63.